The number of pyridine rings is 1. The van der Waals surface area contributed by atoms with Gasteiger partial charge >= 0.3 is 6.09 Å². The number of rotatable bonds is 1. The molecule has 2 aliphatic heterocycles. The second-order valence-corrected chi connectivity index (χ2v) is 8.90. The van der Waals surface area contributed by atoms with Crippen molar-refractivity contribution in [2.24, 2.45) is 0 Å². The van der Waals surface area contributed by atoms with Crippen molar-refractivity contribution < 1.29 is 14.7 Å². The number of carboxylic acid groups (broad SMARTS) is 1. The second kappa shape index (κ2) is 7.32. The van der Waals surface area contributed by atoms with Gasteiger partial charge in [-0.05, 0) is 37.6 Å². The zero-order valence-corrected chi connectivity index (χ0v) is 17.5. The normalized spacial score (nSPS) is 19.8. The monoisotopic (exact) mass is 425 g/mol. The molecular formula is C21H23N5O3S. The van der Waals surface area contributed by atoms with Gasteiger partial charge in [0.2, 0.25) is 0 Å². The summed E-state index contributed by atoms with van der Waals surface area (Å²) in [6, 6.07) is 8.17. The number of carbonyl (C=O) groups is 2. The average Bonchev–Trinajstić information content (AvgIpc) is 2.85. The molecule has 1 aromatic carbocycles. The number of aromatic nitrogens is 1. The Morgan fingerprint density at radius 3 is 2.90 bits per heavy atom. The molecule has 3 N–H and O–H groups in total. The quantitative estimate of drug-likeness (QED) is 0.554. The molecule has 1 fully saturated rings. The highest BCUT2D eigenvalue weighted by Crippen LogP contribution is 2.41. The van der Waals surface area contributed by atoms with Crippen LogP contribution < -0.4 is 15.5 Å². The van der Waals surface area contributed by atoms with Crippen LogP contribution in [-0.4, -0.2) is 65.8 Å². The number of nitrogens with one attached hydrogen (secondary N) is 2. The van der Waals surface area contributed by atoms with Crippen LogP contribution in [0.2, 0.25) is 0 Å². The second-order valence-electron chi connectivity index (χ2n) is 7.85. The van der Waals surface area contributed by atoms with Crippen LogP contribution in [0, 0.1) is 0 Å². The minimum Gasteiger partial charge on any atom is -0.465 e. The van der Waals surface area contributed by atoms with E-state index in [9.17, 15) is 14.7 Å². The van der Waals surface area contributed by atoms with Crippen LogP contribution in [0.4, 0.5) is 16.3 Å². The first-order valence-corrected chi connectivity index (χ1v) is 11.0. The smallest absolute Gasteiger partial charge is 0.407 e. The Bertz CT molecular complexity index is 1160. The van der Waals surface area contributed by atoms with Gasteiger partial charge in [0.1, 0.15) is 10.7 Å². The Morgan fingerprint density at radius 1 is 1.20 bits per heavy atom. The van der Waals surface area contributed by atoms with Crippen molar-refractivity contribution in [1.29, 1.82) is 0 Å². The van der Waals surface area contributed by atoms with Gasteiger partial charge in [0.25, 0.3) is 5.91 Å². The molecule has 8 nitrogen and oxygen atoms in total. The highest BCUT2D eigenvalue weighted by atomic mass is 32.1. The third kappa shape index (κ3) is 3.19. The number of anilines is 2. The van der Waals surface area contributed by atoms with Crippen LogP contribution in [0.5, 0.6) is 0 Å². The predicted molar refractivity (Wildman–Crippen MR) is 119 cm³/mol. The van der Waals surface area contributed by atoms with Crippen LogP contribution in [0.3, 0.4) is 0 Å². The molecule has 0 aliphatic carbocycles. The van der Waals surface area contributed by atoms with Crippen molar-refractivity contribution in [3.63, 3.8) is 0 Å². The average molecular weight is 426 g/mol. The number of hydrogen-bond acceptors (Lipinski definition) is 6. The molecular weight excluding hydrogens is 402 g/mol. The van der Waals surface area contributed by atoms with Crippen LogP contribution in [0.1, 0.15) is 23.0 Å². The first-order chi connectivity index (χ1) is 14.5. The lowest BCUT2D eigenvalue weighted by Gasteiger charge is -2.22. The number of hydrogen-bond donors (Lipinski definition) is 3. The number of fused-ring (bicyclic) bond motifs is 5. The Labute approximate surface area is 177 Å². The Hall–Kier alpha value is -3.07. The van der Waals surface area contributed by atoms with E-state index in [-0.39, 0.29) is 11.9 Å². The van der Waals surface area contributed by atoms with Gasteiger partial charge in [0, 0.05) is 54.2 Å². The van der Waals surface area contributed by atoms with Crippen LogP contribution in [0.15, 0.2) is 24.3 Å². The van der Waals surface area contributed by atoms with Crippen molar-refractivity contribution in [2.75, 3.05) is 42.9 Å². The summed E-state index contributed by atoms with van der Waals surface area (Å²) >= 11 is 1.50. The number of amides is 2. The Balaban J connectivity index is 1.54. The van der Waals surface area contributed by atoms with Gasteiger partial charge < -0.3 is 25.5 Å². The summed E-state index contributed by atoms with van der Waals surface area (Å²) in [5, 5.41) is 17.8. The fourth-order valence-corrected chi connectivity index (χ4v) is 5.33. The molecule has 9 heteroatoms. The maximum absolute atomic E-state index is 12.6. The number of benzene rings is 1. The van der Waals surface area contributed by atoms with Gasteiger partial charge in [-0.15, -0.1) is 11.3 Å². The molecule has 2 amide bonds. The van der Waals surface area contributed by atoms with Crippen molar-refractivity contribution in [1.82, 2.24) is 15.2 Å². The molecule has 5 rings (SSSR count). The van der Waals surface area contributed by atoms with Gasteiger partial charge in [-0.3, -0.25) is 4.79 Å². The van der Waals surface area contributed by atoms with Crippen molar-refractivity contribution >= 4 is 55.8 Å². The molecule has 1 atom stereocenters. The summed E-state index contributed by atoms with van der Waals surface area (Å²) < 4.78 is 1.06. The lowest BCUT2D eigenvalue weighted by atomic mass is 10.1. The largest absolute Gasteiger partial charge is 0.465 e. The lowest BCUT2D eigenvalue weighted by Crippen LogP contribution is -2.34. The summed E-state index contributed by atoms with van der Waals surface area (Å²) in [5.74, 6) is 0.823. The molecule has 4 heterocycles. The van der Waals surface area contributed by atoms with Crippen LogP contribution in [0.25, 0.3) is 21.0 Å². The standard InChI is InChI=1S/C21H23N5O3S/c1-12-11-22-18-17-13-3-6-16(25-7-2-8-26(10-9-25)21(28)29)24-14(13)4-5-15(17)30-19(18)20(27)23-12/h3-6,12,22H,2,7-11H2,1H3,(H,23,27)(H,28,29)/t12-/m1/s1. The minimum absolute atomic E-state index is 0.0334. The first-order valence-electron chi connectivity index (χ1n) is 10.1. The predicted octanol–water partition coefficient (Wildman–Crippen LogP) is 3.18. The highest BCUT2D eigenvalue weighted by Gasteiger charge is 2.25. The summed E-state index contributed by atoms with van der Waals surface area (Å²) in [4.78, 5) is 33.1. The van der Waals surface area contributed by atoms with Crippen LogP contribution in [-0.2, 0) is 0 Å². The van der Waals surface area contributed by atoms with E-state index < -0.39 is 6.09 Å². The molecule has 3 aromatic rings. The lowest BCUT2D eigenvalue weighted by molar-refractivity contribution is 0.0949. The maximum atomic E-state index is 12.6. The topological polar surface area (TPSA) is 97.8 Å². The third-order valence-electron chi connectivity index (χ3n) is 5.77. The number of nitrogens with zero attached hydrogens (tertiary/aromatic N) is 3. The molecule has 30 heavy (non-hydrogen) atoms. The van der Waals surface area contributed by atoms with Crippen molar-refractivity contribution in [2.45, 2.75) is 19.4 Å². The van der Waals surface area contributed by atoms with E-state index in [0.717, 1.165) is 45.5 Å². The SMILES string of the molecule is C[C@@H]1CNc2c(sc3ccc4nc(N5CCCN(C(=O)O)CC5)ccc4c23)C(=O)N1. The van der Waals surface area contributed by atoms with Gasteiger partial charge in [-0.25, -0.2) is 9.78 Å². The highest BCUT2D eigenvalue weighted by molar-refractivity contribution is 7.21. The van der Waals surface area contributed by atoms with E-state index in [0.29, 0.717) is 31.1 Å². The molecule has 0 unspecified atom stereocenters. The Kier molecular flexibility index (Phi) is 4.62. The summed E-state index contributed by atoms with van der Waals surface area (Å²) in [5.41, 5.74) is 1.77. The molecule has 1 saturated heterocycles. The number of thiophene rings is 1. The molecule has 2 aromatic heterocycles. The zero-order chi connectivity index (χ0) is 20.8. The van der Waals surface area contributed by atoms with E-state index in [4.69, 9.17) is 4.98 Å². The van der Waals surface area contributed by atoms with E-state index in [1.165, 1.54) is 16.2 Å². The molecule has 0 radical (unpaired) electrons. The molecule has 0 saturated carbocycles. The van der Waals surface area contributed by atoms with Crippen LogP contribution >= 0.6 is 11.3 Å². The number of carbonyl (C=O) groups excluding carboxylic acids is 1. The fourth-order valence-electron chi connectivity index (χ4n) is 4.23. The van der Waals surface area contributed by atoms with E-state index in [2.05, 4.69) is 21.6 Å². The zero-order valence-electron chi connectivity index (χ0n) is 16.6. The first kappa shape index (κ1) is 18.9. The van der Waals surface area contributed by atoms with Crippen molar-refractivity contribution in [3.05, 3.63) is 29.1 Å². The third-order valence-corrected chi connectivity index (χ3v) is 6.92. The molecule has 0 bridgehead atoms. The van der Waals surface area contributed by atoms with Crippen molar-refractivity contribution in [3.8, 4) is 0 Å². The minimum atomic E-state index is -0.866. The molecule has 156 valence electrons. The summed E-state index contributed by atoms with van der Waals surface area (Å²) in [6.07, 6.45) is -0.0879. The maximum Gasteiger partial charge on any atom is 0.407 e. The van der Waals surface area contributed by atoms with E-state index in [1.54, 1.807) is 0 Å². The Morgan fingerprint density at radius 2 is 2.07 bits per heavy atom. The van der Waals surface area contributed by atoms with Gasteiger partial charge in [-0.1, -0.05) is 0 Å². The fraction of sp³-hybridized carbons (Fsp3) is 0.381. The summed E-state index contributed by atoms with van der Waals surface area (Å²) in [6.45, 7) is 5.09. The van der Waals surface area contributed by atoms with Gasteiger partial charge in [0.05, 0.1) is 11.2 Å². The van der Waals surface area contributed by atoms with E-state index in [1.807, 2.05) is 25.1 Å². The summed E-state index contributed by atoms with van der Waals surface area (Å²) in [7, 11) is 0. The van der Waals surface area contributed by atoms with Gasteiger partial charge in [0.15, 0.2) is 0 Å². The van der Waals surface area contributed by atoms with E-state index >= 15 is 0 Å². The molecule has 0 spiro atoms. The molecule has 2 aliphatic rings. The van der Waals surface area contributed by atoms with Gasteiger partial charge in [-0.2, -0.15) is 0 Å².